The average molecular weight is 565 g/mol. The zero-order valence-electron chi connectivity index (χ0n) is 22.6. The summed E-state index contributed by atoms with van der Waals surface area (Å²) >= 11 is 6.84. The third-order valence-corrected chi connectivity index (χ3v) is 6.71. The molecule has 0 bridgehead atoms. The van der Waals surface area contributed by atoms with Gasteiger partial charge >= 0.3 is 0 Å². The van der Waals surface area contributed by atoms with Gasteiger partial charge in [-0.3, -0.25) is 4.79 Å². The number of allylic oxidation sites excluding steroid dienone is 1. The number of aromatic nitrogens is 2. The number of fused-ring (bicyclic) bond motifs is 1. The lowest BCUT2D eigenvalue weighted by Gasteiger charge is -2.16. The zero-order chi connectivity index (χ0) is 28.6. The van der Waals surface area contributed by atoms with E-state index in [1.165, 1.54) is 23.1 Å². The number of para-hydroxylation sites is 1. The summed E-state index contributed by atoms with van der Waals surface area (Å²) in [7, 11) is 3.40. The molecule has 6 nitrogen and oxygen atoms in total. The van der Waals surface area contributed by atoms with Crippen molar-refractivity contribution in [2.75, 3.05) is 33.8 Å². The smallest absolute Gasteiger partial charge is 0.245 e. The molecule has 0 saturated heterocycles. The van der Waals surface area contributed by atoms with E-state index >= 15 is 0 Å². The van der Waals surface area contributed by atoms with Crippen molar-refractivity contribution in [2.45, 2.75) is 13.3 Å². The van der Waals surface area contributed by atoms with Crippen LogP contribution in [0.5, 0.6) is 5.88 Å². The van der Waals surface area contributed by atoms with Gasteiger partial charge in [0.1, 0.15) is 18.2 Å². The predicted molar refractivity (Wildman–Crippen MR) is 156 cm³/mol. The Balaban J connectivity index is 1.60. The van der Waals surface area contributed by atoms with Crippen LogP contribution in [0, 0.1) is 11.6 Å². The Morgan fingerprint density at radius 2 is 1.95 bits per heavy atom. The maximum atomic E-state index is 15.0. The summed E-state index contributed by atoms with van der Waals surface area (Å²) in [5.41, 5.74) is 3.80. The van der Waals surface area contributed by atoms with Crippen LogP contribution in [0.2, 0.25) is 5.02 Å². The minimum absolute atomic E-state index is 0.0714. The van der Waals surface area contributed by atoms with Gasteiger partial charge in [0.05, 0.1) is 10.7 Å². The standard InChI is InChI=1S/C31H31ClF2N4O2/c1-4-22(23-13-12-21(33)18-25(23)34)29(31-30(32)24-8-5-6-9-26(24)37-31)20-11-14-27(36-19-20)40-17-16-35-15-7-10-28(39)38(2)3/h5-14,18-19,35,37H,4,15-17H2,1-3H3/b10-7+,29-22+. The first kappa shape index (κ1) is 29.0. The molecule has 2 aromatic heterocycles. The van der Waals surface area contributed by atoms with Crippen molar-refractivity contribution in [1.29, 1.82) is 0 Å². The molecule has 2 heterocycles. The lowest BCUT2D eigenvalue weighted by molar-refractivity contribution is -0.123. The lowest BCUT2D eigenvalue weighted by atomic mass is 9.91. The molecule has 9 heteroatoms. The van der Waals surface area contributed by atoms with Crippen LogP contribution in [0.3, 0.4) is 0 Å². The zero-order valence-corrected chi connectivity index (χ0v) is 23.4. The molecule has 2 N–H and O–H groups in total. The Morgan fingerprint density at radius 3 is 2.62 bits per heavy atom. The van der Waals surface area contributed by atoms with Crippen LogP contribution in [0.25, 0.3) is 22.0 Å². The van der Waals surface area contributed by atoms with Crippen LogP contribution in [0.15, 0.2) is 72.9 Å². The third kappa shape index (κ3) is 6.76. The Kier molecular flexibility index (Phi) is 9.69. The molecule has 0 aliphatic carbocycles. The van der Waals surface area contributed by atoms with Crippen molar-refractivity contribution in [1.82, 2.24) is 20.2 Å². The van der Waals surface area contributed by atoms with Crippen LogP contribution in [-0.4, -0.2) is 54.6 Å². The number of aromatic amines is 1. The van der Waals surface area contributed by atoms with Crippen molar-refractivity contribution >= 4 is 39.6 Å². The van der Waals surface area contributed by atoms with E-state index < -0.39 is 11.6 Å². The van der Waals surface area contributed by atoms with E-state index in [-0.39, 0.29) is 5.91 Å². The lowest BCUT2D eigenvalue weighted by Crippen LogP contribution is -2.22. The monoisotopic (exact) mass is 564 g/mol. The van der Waals surface area contributed by atoms with Crippen LogP contribution in [0.4, 0.5) is 8.78 Å². The number of nitrogens with zero attached hydrogens (tertiary/aromatic N) is 2. The van der Waals surface area contributed by atoms with Crippen molar-refractivity contribution in [3.63, 3.8) is 0 Å². The second kappa shape index (κ2) is 13.4. The number of hydrogen-bond donors (Lipinski definition) is 2. The van der Waals surface area contributed by atoms with Crippen LogP contribution in [0.1, 0.15) is 30.2 Å². The number of carbonyl (C=O) groups excluding carboxylic acids is 1. The molecule has 208 valence electrons. The van der Waals surface area contributed by atoms with Gasteiger partial charge in [0.25, 0.3) is 0 Å². The summed E-state index contributed by atoms with van der Waals surface area (Å²) in [5.74, 6) is -0.935. The van der Waals surface area contributed by atoms with Gasteiger partial charge in [-0.05, 0) is 36.3 Å². The highest BCUT2D eigenvalue weighted by molar-refractivity contribution is 6.38. The maximum Gasteiger partial charge on any atom is 0.245 e. The molecular weight excluding hydrogens is 534 g/mol. The number of nitrogens with one attached hydrogen (secondary N) is 2. The summed E-state index contributed by atoms with van der Waals surface area (Å²) in [6, 6.07) is 14.8. The normalized spacial score (nSPS) is 12.2. The highest BCUT2D eigenvalue weighted by Crippen LogP contribution is 2.40. The molecule has 0 saturated carbocycles. The molecule has 4 aromatic rings. The van der Waals surface area contributed by atoms with Gasteiger partial charge in [-0.2, -0.15) is 0 Å². The fraction of sp³-hybridized carbons (Fsp3) is 0.226. The van der Waals surface area contributed by atoms with Gasteiger partial charge in [0, 0.05) is 79.2 Å². The highest BCUT2D eigenvalue weighted by atomic mass is 35.5. The van der Waals surface area contributed by atoms with Crippen molar-refractivity contribution in [3.8, 4) is 5.88 Å². The Morgan fingerprint density at radius 1 is 1.15 bits per heavy atom. The minimum Gasteiger partial charge on any atom is -0.476 e. The summed E-state index contributed by atoms with van der Waals surface area (Å²) < 4.78 is 34.5. The number of benzene rings is 2. The molecule has 0 spiro atoms. The minimum atomic E-state index is -0.650. The van der Waals surface area contributed by atoms with E-state index in [2.05, 4.69) is 15.3 Å². The first-order chi connectivity index (χ1) is 19.3. The summed E-state index contributed by atoms with van der Waals surface area (Å²) in [5, 5.41) is 4.52. The topological polar surface area (TPSA) is 70.2 Å². The molecule has 0 radical (unpaired) electrons. The summed E-state index contributed by atoms with van der Waals surface area (Å²) in [4.78, 5) is 20.9. The van der Waals surface area contributed by atoms with E-state index in [0.717, 1.165) is 17.0 Å². The van der Waals surface area contributed by atoms with Gasteiger partial charge in [-0.15, -0.1) is 0 Å². The fourth-order valence-electron chi connectivity index (χ4n) is 4.32. The van der Waals surface area contributed by atoms with Crippen molar-refractivity contribution in [3.05, 3.63) is 106 Å². The number of rotatable bonds is 11. The Labute approximate surface area is 237 Å². The van der Waals surface area contributed by atoms with E-state index in [0.29, 0.717) is 65.0 Å². The molecular formula is C31H31ClF2N4O2. The molecule has 1 amide bonds. The third-order valence-electron chi connectivity index (χ3n) is 6.32. The van der Waals surface area contributed by atoms with E-state index in [9.17, 15) is 13.6 Å². The van der Waals surface area contributed by atoms with Crippen molar-refractivity contribution in [2.24, 2.45) is 0 Å². The molecule has 0 fully saturated rings. The number of amides is 1. The first-order valence-corrected chi connectivity index (χ1v) is 13.3. The van der Waals surface area contributed by atoms with Crippen LogP contribution >= 0.6 is 11.6 Å². The number of ether oxygens (including phenoxy) is 1. The second-order valence-corrected chi connectivity index (χ2v) is 9.64. The summed E-state index contributed by atoms with van der Waals surface area (Å²) in [6.45, 7) is 3.38. The van der Waals surface area contributed by atoms with Crippen LogP contribution in [-0.2, 0) is 4.79 Å². The average Bonchev–Trinajstić information content (AvgIpc) is 3.27. The molecule has 40 heavy (non-hydrogen) atoms. The molecule has 0 unspecified atom stereocenters. The first-order valence-electron chi connectivity index (χ1n) is 12.9. The van der Waals surface area contributed by atoms with E-state index in [4.69, 9.17) is 16.3 Å². The Hall–Kier alpha value is -4.01. The summed E-state index contributed by atoms with van der Waals surface area (Å²) in [6.07, 6.45) is 5.39. The molecule has 2 aromatic carbocycles. The van der Waals surface area contributed by atoms with Crippen LogP contribution < -0.4 is 10.1 Å². The highest BCUT2D eigenvalue weighted by Gasteiger charge is 2.21. The van der Waals surface area contributed by atoms with Gasteiger partial charge in [-0.1, -0.05) is 42.8 Å². The number of likely N-dealkylation sites (N-methyl/N-ethyl adjacent to an activating group) is 1. The Bertz CT molecular complexity index is 1540. The fourth-order valence-corrected chi connectivity index (χ4v) is 4.63. The predicted octanol–water partition coefficient (Wildman–Crippen LogP) is 6.48. The van der Waals surface area contributed by atoms with E-state index in [1.54, 1.807) is 32.4 Å². The van der Waals surface area contributed by atoms with Gasteiger partial charge in [0.15, 0.2) is 0 Å². The molecule has 0 atom stereocenters. The van der Waals surface area contributed by atoms with Gasteiger partial charge < -0.3 is 19.9 Å². The SMILES string of the molecule is CC/C(=C(/c1ccc(OCCNC/C=C/C(=O)N(C)C)nc1)c1[nH]c2ccccc2c1Cl)c1ccc(F)cc1F. The van der Waals surface area contributed by atoms with E-state index in [1.807, 2.05) is 37.3 Å². The van der Waals surface area contributed by atoms with Crippen molar-refractivity contribution < 1.29 is 18.3 Å². The molecule has 0 aliphatic rings. The quantitative estimate of drug-likeness (QED) is 0.162. The number of hydrogen-bond acceptors (Lipinski definition) is 4. The number of halogens is 3. The molecule has 0 aliphatic heterocycles. The van der Waals surface area contributed by atoms with Gasteiger partial charge in [-0.25, -0.2) is 13.8 Å². The maximum absolute atomic E-state index is 15.0. The number of carbonyl (C=O) groups is 1. The second-order valence-electron chi connectivity index (χ2n) is 9.26. The number of pyridine rings is 1. The largest absolute Gasteiger partial charge is 0.476 e. The number of H-pyrrole nitrogens is 1. The van der Waals surface area contributed by atoms with Gasteiger partial charge in [0.2, 0.25) is 11.8 Å². The molecule has 4 rings (SSSR count).